The zero-order valence-electron chi connectivity index (χ0n) is 22.7. The van der Waals surface area contributed by atoms with E-state index >= 15 is 0 Å². The van der Waals surface area contributed by atoms with Crippen molar-refractivity contribution in [3.05, 3.63) is 23.3 Å². The fourth-order valence-electron chi connectivity index (χ4n) is 9.72. The standard InChI is InChI=1S/C30H41N3O3/c1-17-19-7-8-28(5)22(27(19,4)14-18(16-31)24(17)35)13-21(34)23-20-15-26(2,3)9-11-30(20,33-25(32)36)12-10-29(23,28)6/h13-14,17,19-20,23H,7-12,15H2,1-6H3,(H3,32,33,36)/t17-,19-,20?,23?,27-,28+,29+,30-/m0/s1. The highest BCUT2D eigenvalue weighted by Gasteiger charge is 2.69. The van der Waals surface area contributed by atoms with Gasteiger partial charge in [0.25, 0.3) is 0 Å². The number of amides is 2. The van der Waals surface area contributed by atoms with E-state index in [9.17, 15) is 19.6 Å². The first-order valence-electron chi connectivity index (χ1n) is 13.7. The zero-order valence-corrected chi connectivity index (χ0v) is 22.7. The Morgan fingerprint density at radius 2 is 1.72 bits per heavy atom. The lowest BCUT2D eigenvalue weighted by Crippen LogP contribution is -2.69. The molecule has 8 atom stereocenters. The van der Waals surface area contributed by atoms with Gasteiger partial charge in [0.05, 0.1) is 5.57 Å². The molecule has 0 aromatic heterocycles. The second-order valence-corrected chi connectivity index (χ2v) is 14.1. The molecule has 3 fully saturated rings. The van der Waals surface area contributed by atoms with Crippen LogP contribution in [0.3, 0.4) is 0 Å². The number of hydrogen-bond acceptors (Lipinski definition) is 4. The third-order valence-electron chi connectivity index (χ3n) is 11.9. The largest absolute Gasteiger partial charge is 0.352 e. The average Bonchev–Trinajstić information content (AvgIpc) is 2.78. The van der Waals surface area contributed by atoms with Gasteiger partial charge in [-0.25, -0.2) is 4.79 Å². The van der Waals surface area contributed by atoms with Gasteiger partial charge in [0.2, 0.25) is 0 Å². The molecule has 0 spiro atoms. The fourth-order valence-corrected chi connectivity index (χ4v) is 9.72. The molecule has 2 amide bonds. The minimum Gasteiger partial charge on any atom is -0.352 e. The molecule has 36 heavy (non-hydrogen) atoms. The second kappa shape index (κ2) is 7.55. The highest BCUT2D eigenvalue weighted by molar-refractivity contribution is 6.02. The van der Waals surface area contributed by atoms with E-state index < -0.39 is 17.0 Å². The van der Waals surface area contributed by atoms with E-state index in [-0.39, 0.29) is 57.1 Å². The van der Waals surface area contributed by atoms with Crippen LogP contribution in [0.15, 0.2) is 23.3 Å². The monoisotopic (exact) mass is 491 g/mol. The Bertz CT molecular complexity index is 1160. The average molecular weight is 492 g/mol. The molecule has 5 aliphatic rings. The molecule has 6 heteroatoms. The summed E-state index contributed by atoms with van der Waals surface area (Å²) in [4.78, 5) is 39.3. The molecule has 0 aromatic carbocycles. The first-order chi connectivity index (χ1) is 16.6. The maximum atomic E-state index is 14.3. The van der Waals surface area contributed by atoms with Crippen molar-refractivity contribution in [1.82, 2.24) is 5.32 Å². The highest BCUT2D eigenvalue weighted by Crippen LogP contribution is 2.72. The predicted octanol–water partition coefficient (Wildman–Crippen LogP) is 5.24. The fraction of sp³-hybridized carbons (Fsp3) is 0.733. The number of ketones is 2. The molecular weight excluding hydrogens is 450 g/mol. The molecule has 3 N–H and O–H groups in total. The number of allylic oxidation sites excluding steroid dienone is 4. The van der Waals surface area contributed by atoms with Crippen molar-refractivity contribution >= 4 is 17.6 Å². The summed E-state index contributed by atoms with van der Waals surface area (Å²) in [6.45, 7) is 13.2. The zero-order chi connectivity index (χ0) is 26.5. The number of Topliss-reactive ketones (excluding diaryl/α,β-unsaturated/α-hetero) is 1. The van der Waals surface area contributed by atoms with E-state index in [0.717, 1.165) is 50.5 Å². The van der Waals surface area contributed by atoms with Crippen molar-refractivity contribution in [3.8, 4) is 6.07 Å². The van der Waals surface area contributed by atoms with Crippen molar-refractivity contribution in [2.45, 2.75) is 92.0 Å². The maximum Gasteiger partial charge on any atom is 0.312 e. The van der Waals surface area contributed by atoms with Crippen LogP contribution in [0, 0.1) is 56.7 Å². The Hall–Kier alpha value is -2.42. The van der Waals surface area contributed by atoms with Crippen LogP contribution in [-0.4, -0.2) is 23.1 Å². The molecular formula is C30H41N3O3. The van der Waals surface area contributed by atoms with Crippen molar-refractivity contribution in [2.75, 3.05) is 0 Å². The van der Waals surface area contributed by atoms with E-state index in [2.05, 4.69) is 46.0 Å². The maximum absolute atomic E-state index is 14.3. The van der Waals surface area contributed by atoms with Gasteiger partial charge in [-0.1, -0.05) is 53.2 Å². The number of hydrogen-bond donors (Lipinski definition) is 2. The van der Waals surface area contributed by atoms with Gasteiger partial charge in [-0.2, -0.15) is 5.26 Å². The Morgan fingerprint density at radius 1 is 1.06 bits per heavy atom. The summed E-state index contributed by atoms with van der Waals surface area (Å²) >= 11 is 0. The van der Waals surface area contributed by atoms with Crippen LogP contribution in [0.4, 0.5) is 4.79 Å². The number of nitriles is 1. The van der Waals surface area contributed by atoms with Gasteiger partial charge in [0, 0.05) is 22.8 Å². The summed E-state index contributed by atoms with van der Waals surface area (Å²) < 4.78 is 0. The minimum atomic E-state index is -0.503. The van der Waals surface area contributed by atoms with E-state index in [0.29, 0.717) is 0 Å². The first-order valence-corrected chi connectivity index (χ1v) is 13.7. The molecule has 5 aliphatic carbocycles. The molecule has 5 rings (SSSR count). The molecule has 194 valence electrons. The van der Waals surface area contributed by atoms with Crippen LogP contribution < -0.4 is 11.1 Å². The van der Waals surface area contributed by atoms with Crippen molar-refractivity contribution < 1.29 is 14.4 Å². The molecule has 0 aromatic rings. The molecule has 6 nitrogen and oxygen atoms in total. The third-order valence-corrected chi connectivity index (χ3v) is 11.9. The van der Waals surface area contributed by atoms with Gasteiger partial charge >= 0.3 is 6.03 Å². The summed E-state index contributed by atoms with van der Waals surface area (Å²) in [5.41, 5.74) is 5.65. The minimum absolute atomic E-state index is 0.0252. The summed E-state index contributed by atoms with van der Waals surface area (Å²) in [6.07, 6.45) is 9.94. The van der Waals surface area contributed by atoms with E-state index in [4.69, 9.17) is 5.73 Å². The summed E-state index contributed by atoms with van der Waals surface area (Å²) in [6, 6.07) is 1.64. The normalized spacial score (nSPS) is 47.1. The number of urea groups is 1. The third kappa shape index (κ3) is 3.10. The van der Waals surface area contributed by atoms with E-state index in [1.165, 1.54) is 0 Å². The number of carbonyl (C=O) groups is 3. The number of rotatable bonds is 1. The van der Waals surface area contributed by atoms with Crippen LogP contribution in [-0.2, 0) is 9.59 Å². The van der Waals surface area contributed by atoms with Crippen molar-refractivity contribution in [1.29, 1.82) is 5.26 Å². The van der Waals surface area contributed by atoms with Gasteiger partial charge in [-0.05, 0) is 79.1 Å². The lowest BCUT2D eigenvalue weighted by atomic mass is 9.36. The first kappa shape index (κ1) is 25.2. The SMILES string of the molecule is C[C@@H]1C(=O)C(C#N)=C[C@]2(C)C3=CC(=O)C4C5CC(C)(C)CC[C@]5(NC(N)=O)CC[C@@]4(C)[C@]3(C)CC[C@@H]12. The van der Waals surface area contributed by atoms with Gasteiger partial charge < -0.3 is 11.1 Å². The Kier molecular flexibility index (Phi) is 5.30. The predicted molar refractivity (Wildman–Crippen MR) is 137 cm³/mol. The summed E-state index contributed by atoms with van der Waals surface area (Å²) in [5.74, 6) is -0.257. The molecule has 2 unspecified atom stereocenters. The highest BCUT2D eigenvalue weighted by atomic mass is 16.2. The van der Waals surface area contributed by atoms with Crippen LogP contribution in [0.25, 0.3) is 0 Å². The summed E-state index contributed by atoms with van der Waals surface area (Å²) in [5, 5.41) is 12.9. The Balaban J connectivity index is 1.68. The number of nitrogens with two attached hydrogens (primary N) is 1. The van der Waals surface area contributed by atoms with E-state index in [1.54, 1.807) is 0 Å². The summed E-state index contributed by atoms with van der Waals surface area (Å²) in [7, 11) is 0. The number of nitrogens with one attached hydrogen (secondary N) is 1. The molecule has 0 aliphatic heterocycles. The Morgan fingerprint density at radius 3 is 2.36 bits per heavy atom. The van der Waals surface area contributed by atoms with Crippen molar-refractivity contribution in [2.24, 2.45) is 51.1 Å². The van der Waals surface area contributed by atoms with Gasteiger partial charge in [-0.3, -0.25) is 9.59 Å². The lowest BCUT2D eigenvalue weighted by Gasteiger charge is -2.68. The molecule has 0 bridgehead atoms. The van der Waals surface area contributed by atoms with Gasteiger partial charge in [0.15, 0.2) is 11.6 Å². The van der Waals surface area contributed by atoms with Crippen LogP contribution in [0.5, 0.6) is 0 Å². The van der Waals surface area contributed by atoms with Crippen LogP contribution >= 0.6 is 0 Å². The molecule has 3 saturated carbocycles. The molecule has 0 radical (unpaired) electrons. The lowest BCUT2D eigenvalue weighted by molar-refractivity contribution is -0.158. The van der Waals surface area contributed by atoms with Crippen LogP contribution in [0.1, 0.15) is 86.5 Å². The van der Waals surface area contributed by atoms with Crippen molar-refractivity contribution in [3.63, 3.8) is 0 Å². The smallest absolute Gasteiger partial charge is 0.312 e. The number of fused-ring (bicyclic) bond motifs is 7. The number of nitrogens with zero attached hydrogens (tertiary/aromatic N) is 1. The topological polar surface area (TPSA) is 113 Å². The van der Waals surface area contributed by atoms with Gasteiger partial charge in [-0.15, -0.1) is 0 Å². The second-order valence-electron chi connectivity index (χ2n) is 14.1. The van der Waals surface area contributed by atoms with E-state index in [1.807, 2.05) is 19.1 Å². The molecule has 0 saturated heterocycles. The van der Waals surface area contributed by atoms with Crippen LogP contribution in [0.2, 0.25) is 0 Å². The number of carbonyl (C=O) groups excluding carboxylic acids is 3. The van der Waals surface area contributed by atoms with Gasteiger partial charge in [0.1, 0.15) is 6.07 Å². The quantitative estimate of drug-likeness (QED) is 0.522. The Labute approximate surface area is 215 Å². The molecule has 0 heterocycles. The number of primary amides is 1.